The minimum atomic E-state index is -0.412. The smallest absolute Gasteiger partial charge is 0.241 e. The first-order valence-electron chi connectivity index (χ1n) is 6.77. The van der Waals surface area contributed by atoms with Crippen molar-refractivity contribution >= 4 is 11.6 Å². The molecule has 1 amide bonds. The second kappa shape index (κ2) is 5.28. The Bertz CT molecular complexity index is 490. The number of nitrogens with one attached hydrogen (secondary N) is 3. The largest absolute Gasteiger partial charge is 0.392 e. The molecule has 2 atom stereocenters. The molecule has 19 heavy (non-hydrogen) atoms. The third-order valence-corrected chi connectivity index (χ3v) is 3.78. The van der Waals surface area contributed by atoms with Crippen LogP contribution in [0.5, 0.6) is 0 Å². The van der Waals surface area contributed by atoms with E-state index in [-0.39, 0.29) is 11.9 Å². The van der Waals surface area contributed by atoms with E-state index in [9.17, 15) is 9.90 Å². The molecular formula is C14H19N3O2. The summed E-state index contributed by atoms with van der Waals surface area (Å²) in [5.41, 5.74) is 3.45. The number of amides is 1. The quantitative estimate of drug-likeness (QED) is 0.604. The highest BCUT2D eigenvalue weighted by Gasteiger charge is 2.28. The molecule has 1 aromatic rings. The number of carbonyl (C=O) groups is 1. The SMILES string of the molecule is O=C(Nc1ccc2c(c1)CCNC2)C1C[C@@H](O)CN1. The monoisotopic (exact) mass is 261 g/mol. The summed E-state index contributed by atoms with van der Waals surface area (Å²) in [7, 11) is 0. The van der Waals surface area contributed by atoms with Gasteiger partial charge in [0.15, 0.2) is 0 Å². The Morgan fingerprint density at radius 3 is 3.05 bits per heavy atom. The Morgan fingerprint density at radius 2 is 2.26 bits per heavy atom. The first kappa shape index (κ1) is 12.6. The fourth-order valence-corrected chi connectivity index (χ4v) is 2.70. The Hall–Kier alpha value is -1.43. The van der Waals surface area contributed by atoms with Crippen molar-refractivity contribution in [2.24, 2.45) is 0 Å². The van der Waals surface area contributed by atoms with Crippen LogP contribution in [0.25, 0.3) is 0 Å². The molecule has 2 aliphatic heterocycles. The Labute approximate surface area is 112 Å². The van der Waals surface area contributed by atoms with Crippen LogP contribution in [0, 0.1) is 0 Å². The van der Waals surface area contributed by atoms with Gasteiger partial charge in [-0.05, 0) is 42.6 Å². The Balaban J connectivity index is 1.68. The van der Waals surface area contributed by atoms with E-state index in [0.717, 1.165) is 25.2 Å². The van der Waals surface area contributed by atoms with Gasteiger partial charge in [-0.2, -0.15) is 0 Å². The number of hydrogen-bond donors (Lipinski definition) is 4. The minimum absolute atomic E-state index is 0.0644. The molecule has 2 heterocycles. The molecule has 0 spiro atoms. The van der Waals surface area contributed by atoms with Gasteiger partial charge in [0.1, 0.15) is 0 Å². The van der Waals surface area contributed by atoms with E-state index in [1.54, 1.807) is 0 Å². The third-order valence-electron chi connectivity index (χ3n) is 3.78. The Kier molecular flexibility index (Phi) is 3.50. The van der Waals surface area contributed by atoms with Crippen LogP contribution in [-0.2, 0) is 17.8 Å². The highest BCUT2D eigenvalue weighted by atomic mass is 16.3. The zero-order valence-corrected chi connectivity index (χ0v) is 10.8. The summed E-state index contributed by atoms with van der Waals surface area (Å²) in [4.78, 5) is 12.0. The maximum absolute atomic E-state index is 12.0. The molecule has 0 saturated carbocycles. The van der Waals surface area contributed by atoms with Crippen LogP contribution in [-0.4, -0.2) is 36.2 Å². The summed E-state index contributed by atoms with van der Waals surface area (Å²) >= 11 is 0. The van der Waals surface area contributed by atoms with Crippen molar-refractivity contribution in [3.8, 4) is 0 Å². The lowest BCUT2D eigenvalue weighted by molar-refractivity contribution is -0.117. The van der Waals surface area contributed by atoms with Crippen molar-refractivity contribution in [3.63, 3.8) is 0 Å². The third kappa shape index (κ3) is 2.78. The van der Waals surface area contributed by atoms with E-state index in [4.69, 9.17) is 0 Å². The lowest BCUT2D eigenvalue weighted by Crippen LogP contribution is -2.35. The van der Waals surface area contributed by atoms with E-state index in [0.29, 0.717) is 13.0 Å². The molecule has 102 valence electrons. The van der Waals surface area contributed by atoms with Crippen molar-refractivity contribution in [2.75, 3.05) is 18.4 Å². The molecule has 1 saturated heterocycles. The molecule has 1 unspecified atom stereocenters. The highest BCUT2D eigenvalue weighted by molar-refractivity contribution is 5.95. The predicted molar refractivity (Wildman–Crippen MR) is 72.9 cm³/mol. The number of rotatable bonds is 2. The maximum atomic E-state index is 12.0. The lowest BCUT2D eigenvalue weighted by atomic mass is 10.0. The van der Waals surface area contributed by atoms with Crippen LogP contribution in [0.2, 0.25) is 0 Å². The van der Waals surface area contributed by atoms with E-state index in [2.05, 4.69) is 28.1 Å². The molecule has 4 N–H and O–H groups in total. The molecule has 1 aromatic carbocycles. The standard InChI is InChI=1S/C14H19N3O2/c18-12-6-13(16-8-12)14(19)17-11-2-1-10-7-15-4-3-9(10)5-11/h1-2,5,12-13,15-16,18H,3-4,6-8H2,(H,17,19)/t12-,13?/m1/s1. The van der Waals surface area contributed by atoms with Gasteiger partial charge >= 0.3 is 0 Å². The van der Waals surface area contributed by atoms with Crippen LogP contribution >= 0.6 is 0 Å². The van der Waals surface area contributed by atoms with Gasteiger partial charge in [-0.25, -0.2) is 0 Å². The molecule has 5 heteroatoms. The number of hydrogen-bond acceptors (Lipinski definition) is 4. The number of benzene rings is 1. The molecule has 0 radical (unpaired) electrons. The van der Waals surface area contributed by atoms with Crippen molar-refractivity contribution in [1.82, 2.24) is 10.6 Å². The molecule has 5 nitrogen and oxygen atoms in total. The topological polar surface area (TPSA) is 73.4 Å². The number of fused-ring (bicyclic) bond motifs is 1. The van der Waals surface area contributed by atoms with E-state index < -0.39 is 6.10 Å². The van der Waals surface area contributed by atoms with Gasteiger partial charge < -0.3 is 21.1 Å². The van der Waals surface area contributed by atoms with Crippen LogP contribution < -0.4 is 16.0 Å². The summed E-state index contributed by atoms with van der Waals surface area (Å²) in [5, 5.41) is 18.7. The lowest BCUT2D eigenvalue weighted by Gasteiger charge is -2.18. The minimum Gasteiger partial charge on any atom is -0.392 e. The molecule has 0 aliphatic carbocycles. The first-order chi connectivity index (χ1) is 9.22. The van der Waals surface area contributed by atoms with Gasteiger partial charge in [-0.1, -0.05) is 6.07 Å². The summed E-state index contributed by atoms with van der Waals surface area (Å²) < 4.78 is 0. The molecule has 0 bridgehead atoms. The molecule has 1 fully saturated rings. The van der Waals surface area contributed by atoms with Gasteiger partial charge in [-0.15, -0.1) is 0 Å². The van der Waals surface area contributed by atoms with Gasteiger partial charge in [0.2, 0.25) is 5.91 Å². The van der Waals surface area contributed by atoms with Crippen molar-refractivity contribution in [3.05, 3.63) is 29.3 Å². The number of carbonyl (C=O) groups excluding carboxylic acids is 1. The normalized spacial score (nSPS) is 25.9. The molecule has 3 rings (SSSR count). The van der Waals surface area contributed by atoms with Crippen LogP contribution in [0.15, 0.2) is 18.2 Å². The van der Waals surface area contributed by atoms with Crippen LogP contribution in [0.1, 0.15) is 17.5 Å². The first-order valence-corrected chi connectivity index (χ1v) is 6.77. The average molecular weight is 261 g/mol. The summed E-state index contributed by atoms with van der Waals surface area (Å²) in [6.07, 6.45) is 1.07. The number of aliphatic hydroxyl groups is 1. The number of aliphatic hydroxyl groups excluding tert-OH is 1. The summed E-state index contributed by atoms with van der Waals surface area (Å²) in [6, 6.07) is 5.77. The van der Waals surface area contributed by atoms with Gasteiger partial charge in [0.05, 0.1) is 12.1 Å². The fourth-order valence-electron chi connectivity index (χ4n) is 2.70. The van der Waals surface area contributed by atoms with Crippen LogP contribution in [0.3, 0.4) is 0 Å². The van der Waals surface area contributed by atoms with Gasteiger partial charge in [0.25, 0.3) is 0 Å². The Morgan fingerprint density at radius 1 is 1.37 bits per heavy atom. The second-order valence-corrected chi connectivity index (χ2v) is 5.25. The van der Waals surface area contributed by atoms with E-state index in [1.165, 1.54) is 11.1 Å². The van der Waals surface area contributed by atoms with Crippen molar-refractivity contribution in [1.29, 1.82) is 0 Å². The zero-order valence-electron chi connectivity index (χ0n) is 10.8. The molecule has 2 aliphatic rings. The van der Waals surface area contributed by atoms with Gasteiger partial charge in [-0.3, -0.25) is 4.79 Å². The van der Waals surface area contributed by atoms with E-state index in [1.807, 2.05) is 6.07 Å². The number of anilines is 1. The molecular weight excluding hydrogens is 242 g/mol. The average Bonchev–Trinajstić information content (AvgIpc) is 2.85. The predicted octanol–water partition coefficient (Wildman–Crippen LogP) is -0.00640. The maximum Gasteiger partial charge on any atom is 0.241 e. The number of β-amino-alcohol motifs (C(OH)–C–C–N with tert-alkyl or cyclic N) is 1. The second-order valence-electron chi connectivity index (χ2n) is 5.25. The zero-order chi connectivity index (χ0) is 13.2. The van der Waals surface area contributed by atoms with Crippen molar-refractivity contribution in [2.45, 2.75) is 31.5 Å². The van der Waals surface area contributed by atoms with Crippen molar-refractivity contribution < 1.29 is 9.90 Å². The van der Waals surface area contributed by atoms with Gasteiger partial charge in [0, 0.05) is 18.8 Å². The fraction of sp³-hybridized carbons (Fsp3) is 0.500. The highest BCUT2D eigenvalue weighted by Crippen LogP contribution is 2.19. The summed E-state index contributed by atoms with van der Waals surface area (Å²) in [6.45, 7) is 2.38. The van der Waals surface area contributed by atoms with E-state index >= 15 is 0 Å². The van der Waals surface area contributed by atoms with Crippen LogP contribution in [0.4, 0.5) is 5.69 Å². The molecule has 0 aromatic heterocycles. The summed E-state index contributed by atoms with van der Waals surface area (Å²) in [5.74, 6) is -0.0644.